The van der Waals surface area contributed by atoms with Crippen LogP contribution in [0.25, 0.3) is 0 Å². The van der Waals surface area contributed by atoms with E-state index in [0.717, 1.165) is 24.7 Å². The molecule has 4 aliphatic carbocycles. The van der Waals surface area contributed by atoms with E-state index in [1.54, 1.807) is 5.57 Å². The van der Waals surface area contributed by atoms with Gasteiger partial charge in [0.05, 0.1) is 6.10 Å². The lowest BCUT2D eigenvalue weighted by Crippen LogP contribution is -2.55. The topological polar surface area (TPSA) is 20.2 Å². The van der Waals surface area contributed by atoms with Crippen molar-refractivity contribution in [3.8, 4) is 0 Å². The fourth-order valence-corrected chi connectivity index (χ4v) is 7.31. The summed E-state index contributed by atoms with van der Waals surface area (Å²) in [6, 6.07) is 0. The van der Waals surface area contributed by atoms with Gasteiger partial charge in [0.25, 0.3) is 0 Å². The van der Waals surface area contributed by atoms with E-state index in [1.807, 2.05) is 0 Å². The summed E-state index contributed by atoms with van der Waals surface area (Å²) in [6.45, 7) is 7.73. The second kappa shape index (κ2) is 4.37. The van der Waals surface area contributed by atoms with Gasteiger partial charge in [-0.25, -0.2) is 0 Å². The quantitative estimate of drug-likeness (QED) is 0.616. The largest absolute Gasteiger partial charge is 0.393 e. The van der Waals surface area contributed by atoms with Crippen molar-refractivity contribution in [1.29, 1.82) is 0 Å². The molecule has 6 atom stereocenters. The molecule has 0 unspecified atom stereocenters. The van der Waals surface area contributed by atoms with E-state index in [9.17, 15) is 5.11 Å². The van der Waals surface area contributed by atoms with E-state index in [2.05, 4.69) is 26.8 Å². The Morgan fingerprint density at radius 2 is 1.81 bits per heavy atom. The van der Waals surface area contributed by atoms with Crippen molar-refractivity contribution in [1.82, 2.24) is 0 Å². The van der Waals surface area contributed by atoms with Gasteiger partial charge in [0.15, 0.2) is 0 Å². The molecule has 0 spiro atoms. The minimum Gasteiger partial charge on any atom is -0.393 e. The van der Waals surface area contributed by atoms with Crippen LogP contribution >= 0.6 is 0 Å². The molecule has 1 N–H and O–H groups in total. The molecule has 0 saturated heterocycles. The third-order valence-electron chi connectivity index (χ3n) is 8.42. The molecule has 4 rings (SSSR count). The number of allylic oxidation sites excluding steroid dienone is 1. The average molecular weight is 288 g/mol. The third-order valence-corrected chi connectivity index (χ3v) is 8.42. The number of aliphatic hydroxyl groups excluding tert-OH is 1. The summed E-state index contributed by atoms with van der Waals surface area (Å²) in [6.07, 6.45) is 14.2. The molecular weight excluding hydrogens is 256 g/mol. The number of fused-ring (bicyclic) bond motifs is 5. The molecule has 0 bridgehead atoms. The summed E-state index contributed by atoms with van der Waals surface area (Å²) < 4.78 is 0. The molecule has 4 aliphatic rings. The second-order valence-electron chi connectivity index (χ2n) is 9.44. The van der Waals surface area contributed by atoms with E-state index < -0.39 is 0 Å². The Kier molecular flexibility index (Phi) is 2.98. The maximum atomic E-state index is 10.1. The van der Waals surface area contributed by atoms with Crippen molar-refractivity contribution in [2.24, 2.45) is 28.1 Å². The minimum atomic E-state index is -0.0750. The first-order chi connectivity index (χ1) is 9.88. The molecule has 0 heterocycles. The zero-order chi connectivity index (χ0) is 14.9. The van der Waals surface area contributed by atoms with Crippen LogP contribution in [-0.4, -0.2) is 11.2 Å². The number of rotatable bonds is 0. The predicted molar refractivity (Wildman–Crippen MR) is 86.9 cm³/mol. The van der Waals surface area contributed by atoms with Gasteiger partial charge in [-0.15, -0.1) is 0 Å². The van der Waals surface area contributed by atoms with Crippen LogP contribution in [0.1, 0.15) is 78.6 Å². The monoisotopic (exact) mass is 288 g/mol. The number of aliphatic hydroxyl groups is 1. The Labute approximate surface area is 130 Å². The molecule has 0 aromatic rings. The first kappa shape index (κ1) is 14.3. The van der Waals surface area contributed by atoms with Crippen molar-refractivity contribution in [2.75, 3.05) is 0 Å². The maximum Gasteiger partial charge on any atom is 0.0577 e. The summed E-state index contributed by atoms with van der Waals surface area (Å²) >= 11 is 0. The normalized spacial score (nSPS) is 56.2. The van der Waals surface area contributed by atoms with E-state index in [1.165, 1.54) is 44.9 Å². The molecule has 118 valence electrons. The first-order valence-electron chi connectivity index (χ1n) is 9.26. The van der Waals surface area contributed by atoms with Gasteiger partial charge in [-0.1, -0.05) is 38.8 Å². The smallest absolute Gasteiger partial charge is 0.0577 e. The van der Waals surface area contributed by atoms with Crippen LogP contribution < -0.4 is 0 Å². The van der Waals surface area contributed by atoms with E-state index in [4.69, 9.17) is 0 Å². The van der Waals surface area contributed by atoms with Crippen LogP contribution in [-0.2, 0) is 0 Å². The zero-order valence-electron chi connectivity index (χ0n) is 14.1. The highest BCUT2D eigenvalue weighted by atomic mass is 16.3. The molecule has 0 aromatic carbocycles. The van der Waals surface area contributed by atoms with Crippen molar-refractivity contribution in [3.05, 3.63) is 11.6 Å². The maximum absolute atomic E-state index is 10.1. The van der Waals surface area contributed by atoms with Gasteiger partial charge in [-0.05, 0) is 79.4 Å². The molecule has 3 fully saturated rings. The number of hydrogen-bond acceptors (Lipinski definition) is 1. The lowest BCUT2D eigenvalue weighted by atomic mass is 9.42. The van der Waals surface area contributed by atoms with Gasteiger partial charge in [-0.2, -0.15) is 0 Å². The zero-order valence-corrected chi connectivity index (χ0v) is 14.1. The highest BCUT2D eigenvalue weighted by Crippen LogP contribution is 2.69. The highest BCUT2D eigenvalue weighted by Gasteiger charge is 2.61. The third kappa shape index (κ3) is 1.79. The highest BCUT2D eigenvalue weighted by molar-refractivity contribution is 5.27. The first-order valence-corrected chi connectivity index (χ1v) is 9.26. The van der Waals surface area contributed by atoms with Gasteiger partial charge < -0.3 is 5.11 Å². The Hall–Kier alpha value is -0.300. The lowest BCUT2D eigenvalue weighted by molar-refractivity contribution is -0.0984. The van der Waals surface area contributed by atoms with Gasteiger partial charge in [0.1, 0.15) is 0 Å². The van der Waals surface area contributed by atoms with E-state index in [0.29, 0.717) is 16.2 Å². The van der Waals surface area contributed by atoms with Crippen molar-refractivity contribution < 1.29 is 5.11 Å². The summed E-state index contributed by atoms with van der Waals surface area (Å²) in [5, 5.41) is 10.1. The summed E-state index contributed by atoms with van der Waals surface area (Å²) in [4.78, 5) is 0. The van der Waals surface area contributed by atoms with Crippen LogP contribution in [0.15, 0.2) is 11.6 Å². The summed E-state index contributed by atoms with van der Waals surface area (Å²) in [5.74, 6) is 1.79. The standard InChI is InChI=1S/C20H32O/c1-18-9-4-5-16(18)20(3)11-6-14-13-15(21)7-12-19(14,2)17(20)8-10-18/h6,15-17,21H,4-5,7-13H2,1-3H3/t15-,16+,17+,18-,19-,20-/m0/s1. The Bertz CT molecular complexity index is 480. The second-order valence-corrected chi connectivity index (χ2v) is 9.44. The fraction of sp³-hybridized carbons (Fsp3) is 0.900. The fourth-order valence-electron chi connectivity index (χ4n) is 7.31. The Morgan fingerprint density at radius 1 is 1.00 bits per heavy atom. The van der Waals surface area contributed by atoms with Crippen molar-refractivity contribution >= 4 is 0 Å². The van der Waals surface area contributed by atoms with Crippen molar-refractivity contribution in [3.63, 3.8) is 0 Å². The number of hydrogen-bond donors (Lipinski definition) is 1. The van der Waals surface area contributed by atoms with Gasteiger partial charge in [0, 0.05) is 0 Å². The van der Waals surface area contributed by atoms with Gasteiger partial charge in [0.2, 0.25) is 0 Å². The molecule has 3 saturated carbocycles. The van der Waals surface area contributed by atoms with Crippen LogP contribution in [0.2, 0.25) is 0 Å². The van der Waals surface area contributed by atoms with Crippen LogP contribution in [0.3, 0.4) is 0 Å². The molecule has 1 heteroatoms. The lowest BCUT2D eigenvalue weighted by Gasteiger charge is -2.62. The Balaban J connectivity index is 1.75. The molecular formula is C20H32O. The average Bonchev–Trinajstić information content (AvgIpc) is 2.83. The minimum absolute atomic E-state index is 0.0750. The van der Waals surface area contributed by atoms with E-state index in [-0.39, 0.29) is 6.10 Å². The summed E-state index contributed by atoms with van der Waals surface area (Å²) in [7, 11) is 0. The van der Waals surface area contributed by atoms with Crippen LogP contribution in [0, 0.1) is 28.1 Å². The SMILES string of the molecule is C[C@@]12CCC[C@H]1[C@]1(C)CC=C3C[C@@H](O)CC[C@]3(C)[C@H]1CC2. The van der Waals surface area contributed by atoms with E-state index >= 15 is 0 Å². The molecule has 1 nitrogen and oxygen atoms in total. The molecule has 0 radical (unpaired) electrons. The van der Waals surface area contributed by atoms with Crippen LogP contribution in [0.4, 0.5) is 0 Å². The van der Waals surface area contributed by atoms with Gasteiger partial charge >= 0.3 is 0 Å². The predicted octanol–water partition coefficient (Wildman–Crippen LogP) is 5.09. The van der Waals surface area contributed by atoms with Crippen molar-refractivity contribution in [2.45, 2.75) is 84.7 Å². The molecule has 21 heavy (non-hydrogen) atoms. The van der Waals surface area contributed by atoms with Crippen LogP contribution in [0.5, 0.6) is 0 Å². The Morgan fingerprint density at radius 3 is 2.62 bits per heavy atom. The molecule has 0 aromatic heterocycles. The molecule has 0 aliphatic heterocycles. The van der Waals surface area contributed by atoms with Gasteiger partial charge in [-0.3, -0.25) is 0 Å². The molecule has 0 amide bonds. The summed E-state index contributed by atoms with van der Waals surface area (Å²) in [5.41, 5.74) is 3.13.